The fraction of sp³-hybridized carbons (Fsp3) is 0.594. The molecule has 2 aromatic rings. The van der Waals surface area contributed by atoms with Crippen LogP contribution in [0, 0.1) is 23.7 Å². The van der Waals surface area contributed by atoms with Crippen LogP contribution in [0.1, 0.15) is 52.5 Å². The van der Waals surface area contributed by atoms with Gasteiger partial charge in [-0.05, 0) is 66.8 Å². The summed E-state index contributed by atoms with van der Waals surface area (Å²) in [6.45, 7) is 9.51. The second kappa shape index (κ2) is 17.1. The quantitative estimate of drug-likeness (QED) is 0.213. The highest BCUT2D eigenvalue weighted by Crippen LogP contribution is 2.32. The lowest BCUT2D eigenvalue weighted by atomic mass is 9.81. The lowest BCUT2D eigenvalue weighted by Crippen LogP contribution is -2.41. The van der Waals surface area contributed by atoms with E-state index < -0.39 is 12.1 Å². The van der Waals surface area contributed by atoms with Gasteiger partial charge in [-0.1, -0.05) is 39.8 Å². The van der Waals surface area contributed by atoms with Gasteiger partial charge < -0.3 is 35.1 Å². The molecule has 4 unspecified atom stereocenters. The maximum atomic E-state index is 13.1. The molecule has 224 valence electrons. The second-order valence-electron chi connectivity index (χ2n) is 11.2. The van der Waals surface area contributed by atoms with Crippen LogP contribution in [0.3, 0.4) is 0 Å². The molecular formula is C32H50N2O6. The predicted octanol–water partition coefficient (Wildman–Crippen LogP) is 5.31. The number of carbonyl (C=O) groups is 1. The number of rotatable bonds is 18. The molecule has 0 heterocycles. The molecule has 8 heteroatoms. The van der Waals surface area contributed by atoms with Crippen molar-refractivity contribution < 1.29 is 28.8 Å². The first-order valence-corrected chi connectivity index (χ1v) is 14.3. The molecule has 40 heavy (non-hydrogen) atoms. The molecule has 0 saturated heterocycles. The lowest BCUT2D eigenvalue weighted by Gasteiger charge is -2.30. The number of hydrogen-bond donors (Lipinski definition) is 3. The van der Waals surface area contributed by atoms with Gasteiger partial charge in [0.25, 0.3) is 0 Å². The number of aliphatic hydroxyl groups is 1. The third-order valence-corrected chi connectivity index (χ3v) is 7.46. The van der Waals surface area contributed by atoms with Crippen molar-refractivity contribution in [2.75, 3.05) is 39.9 Å². The fourth-order valence-corrected chi connectivity index (χ4v) is 4.80. The molecular weight excluding hydrogens is 508 g/mol. The molecule has 4 atom stereocenters. The monoisotopic (exact) mass is 558 g/mol. The van der Waals surface area contributed by atoms with Gasteiger partial charge in [0.1, 0.15) is 5.75 Å². The number of methoxy groups -OCH3 is 3. The van der Waals surface area contributed by atoms with E-state index in [1.165, 1.54) is 0 Å². The summed E-state index contributed by atoms with van der Waals surface area (Å²) in [5, 5.41) is 14.1. The van der Waals surface area contributed by atoms with Crippen molar-refractivity contribution in [3.63, 3.8) is 0 Å². The minimum Gasteiger partial charge on any atom is -0.497 e. The highest BCUT2D eigenvalue weighted by molar-refractivity contribution is 5.92. The van der Waals surface area contributed by atoms with Crippen LogP contribution < -0.4 is 25.3 Å². The highest BCUT2D eigenvalue weighted by Gasteiger charge is 2.30. The number of carbonyl (C=O) groups excluding carboxylic acids is 1. The van der Waals surface area contributed by atoms with Crippen LogP contribution in [0.5, 0.6) is 17.2 Å². The summed E-state index contributed by atoms with van der Waals surface area (Å²) in [6.07, 6.45) is 1.71. The minimum atomic E-state index is -0.805. The van der Waals surface area contributed by atoms with Crippen LogP contribution in [-0.4, -0.2) is 57.7 Å². The summed E-state index contributed by atoms with van der Waals surface area (Å²) < 4.78 is 21.8. The van der Waals surface area contributed by atoms with Gasteiger partial charge in [-0.25, -0.2) is 0 Å². The Kier molecular flexibility index (Phi) is 14.3. The van der Waals surface area contributed by atoms with Crippen LogP contribution in [0.4, 0.5) is 5.69 Å². The van der Waals surface area contributed by atoms with Crippen molar-refractivity contribution in [1.82, 2.24) is 0 Å². The van der Waals surface area contributed by atoms with Crippen LogP contribution in [-0.2, 0) is 16.0 Å². The second-order valence-corrected chi connectivity index (χ2v) is 11.2. The number of nitrogens with one attached hydrogen (secondary N) is 1. The third kappa shape index (κ3) is 10.6. The molecule has 2 rings (SSSR count). The molecule has 0 radical (unpaired) electrons. The maximum Gasteiger partial charge on any atom is 0.227 e. The number of amides is 1. The van der Waals surface area contributed by atoms with E-state index >= 15 is 0 Å². The summed E-state index contributed by atoms with van der Waals surface area (Å²) in [5.41, 5.74) is 8.35. The maximum absolute atomic E-state index is 13.1. The summed E-state index contributed by atoms with van der Waals surface area (Å²) >= 11 is 0. The van der Waals surface area contributed by atoms with Gasteiger partial charge in [0.05, 0.1) is 26.9 Å². The molecule has 8 nitrogen and oxygen atoms in total. The van der Waals surface area contributed by atoms with E-state index in [-0.39, 0.29) is 23.7 Å². The molecule has 0 spiro atoms. The van der Waals surface area contributed by atoms with Crippen molar-refractivity contribution >= 4 is 11.6 Å². The number of nitrogens with two attached hydrogens (primary N) is 1. The molecule has 2 aromatic carbocycles. The zero-order valence-electron chi connectivity index (χ0n) is 25.3. The first-order chi connectivity index (χ1) is 19.1. The van der Waals surface area contributed by atoms with Crippen LogP contribution >= 0.6 is 0 Å². The largest absolute Gasteiger partial charge is 0.497 e. The Morgan fingerprint density at radius 3 is 2.30 bits per heavy atom. The molecule has 0 bridgehead atoms. The van der Waals surface area contributed by atoms with Gasteiger partial charge in [-0.3, -0.25) is 4.79 Å². The molecule has 0 aromatic heterocycles. The first kappa shape index (κ1) is 33.4. The number of hydrogen-bond acceptors (Lipinski definition) is 7. The molecule has 0 saturated carbocycles. The van der Waals surface area contributed by atoms with E-state index in [4.69, 9.17) is 24.7 Å². The highest BCUT2D eigenvalue weighted by atomic mass is 16.5. The van der Waals surface area contributed by atoms with Crippen LogP contribution in [0.15, 0.2) is 42.5 Å². The standard InChI is InChI=1S/C32H50N2O6/c1-21(2)24(16-23-12-13-30(39-7)31(17-23)40-15-9-14-37-5)18-28(33)29(35)20-27(22(3)4)32(36)34-25-10-8-11-26(19-25)38-6/h8,10-13,17,19,21-22,24,27-29,35H,9,14-16,18,20,33H2,1-7H3,(H,34,36). The molecule has 0 fully saturated rings. The number of benzene rings is 2. The fourth-order valence-electron chi connectivity index (χ4n) is 4.80. The Labute approximate surface area is 240 Å². The van der Waals surface area contributed by atoms with Gasteiger partial charge >= 0.3 is 0 Å². The van der Waals surface area contributed by atoms with E-state index in [9.17, 15) is 9.90 Å². The average Bonchev–Trinajstić information content (AvgIpc) is 2.93. The summed E-state index contributed by atoms with van der Waals surface area (Å²) in [4.78, 5) is 13.1. The third-order valence-electron chi connectivity index (χ3n) is 7.46. The van der Waals surface area contributed by atoms with Crippen LogP contribution in [0.2, 0.25) is 0 Å². The normalized spacial score (nSPS) is 14.5. The van der Waals surface area contributed by atoms with Crippen molar-refractivity contribution in [2.24, 2.45) is 29.4 Å². The SMILES string of the molecule is COCCCOc1cc(CC(CC(N)C(O)CC(C(=O)Nc2cccc(OC)c2)C(C)C)C(C)C)ccc1OC. The van der Waals surface area contributed by atoms with Gasteiger partial charge in [0.2, 0.25) is 5.91 Å². The molecule has 0 aliphatic heterocycles. The van der Waals surface area contributed by atoms with Crippen molar-refractivity contribution in [3.05, 3.63) is 48.0 Å². The summed E-state index contributed by atoms with van der Waals surface area (Å²) in [5.74, 6) is 2.19. The molecule has 0 aliphatic rings. The minimum absolute atomic E-state index is 0.0370. The zero-order chi connectivity index (χ0) is 29.7. The first-order valence-electron chi connectivity index (χ1n) is 14.3. The number of aliphatic hydroxyl groups excluding tert-OH is 1. The topological polar surface area (TPSA) is 112 Å². The van der Waals surface area contributed by atoms with Crippen molar-refractivity contribution in [3.8, 4) is 17.2 Å². The van der Waals surface area contributed by atoms with Crippen molar-refractivity contribution in [2.45, 2.75) is 65.5 Å². The van der Waals surface area contributed by atoms with Gasteiger partial charge in [-0.2, -0.15) is 0 Å². The number of anilines is 1. The summed E-state index contributed by atoms with van der Waals surface area (Å²) in [7, 11) is 4.90. The lowest BCUT2D eigenvalue weighted by molar-refractivity contribution is -0.122. The van der Waals surface area contributed by atoms with Gasteiger partial charge in [-0.15, -0.1) is 0 Å². The van der Waals surface area contributed by atoms with E-state index in [1.807, 2.05) is 44.2 Å². The smallest absolute Gasteiger partial charge is 0.227 e. The Morgan fingerprint density at radius 1 is 0.925 bits per heavy atom. The van der Waals surface area contributed by atoms with E-state index in [0.29, 0.717) is 54.9 Å². The van der Waals surface area contributed by atoms with E-state index in [2.05, 4.69) is 25.2 Å². The van der Waals surface area contributed by atoms with Crippen LogP contribution in [0.25, 0.3) is 0 Å². The molecule has 1 amide bonds. The van der Waals surface area contributed by atoms with E-state index in [1.54, 1.807) is 27.4 Å². The molecule has 4 N–H and O–H groups in total. The predicted molar refractivity (Wildman–Crippen MR) is 160 cm³/mol. The Hall–Kier alpha value is -2.81. The Bertz CT molecular complexity index is 1030. The zero-order valence-corrected chi connectivity index (χ0v) is 25.3. The molecule has 0 aliphatic carbocycles. The number of ether oxygens (including phenoxy) is 4. The van der Waals surface area contributed by atoms with Gasteiger partial charge in [0.15, 0.2) is 11.5 Å². The Morgan fingerprint density at radius 2 is 1.68 bits per heavy atom. The summed E-state index contributed by atoms with van der Waals surface area (Å²) in [6, 6.07) is 12.8. The van der Waals surface area contributed by atoms with Gasteiger partial charge in [0, 0.05) is 43.9 Å². The van der Waals surface area contributed by atoms with E-state index in [0.717, 1.165) is 18.4 Å². The average molecular weight is 559 g/mol. The Balaban J connectivity index is 2.05. The van der Waals surface area contributed by atoms with Crippen molar-refractivity contribution in [1.29, 1.82) is 0 Å².